The van der Waals surface area contributed by atoms with Crippen molar-refractivity contribution in [2.75, 3.05) is 21.3 Å². The second kappa shape index (κ2) is 18.2. The van der Waals surface area contributed by atoms with Gasteiger partial charge in [0.25, 0.3) is 0 Å². The van der Waals surface area contributed by atoms with Crippen molar-refractivity contribution in [3.05, 3.63) is 0 Å². The first-order valence-electron chi connectivity index (χ1n) is 9.69. The number of hydrogen-bond acceptors (Lipinski definition) is 6. The van der Waals surface area contributed by atoms with Crippen LogP contribution in [-0.4, -0.2) is 40.2 Å². The Balaban J connectivity index is 4.80. The summed E-state index contributed by atoms with van der Waals surface area (Å²) in [5.41, 5.74) is 0. The molecule has 0 amide bonds. The molecule has 0 heterocycles. The van der Waals surface area contributed by atoms with Crippen molar-refractivity contribution in [3.8, 4) is 0 Å². The van der Waals surface area contributed by atoms with E-state index in [1.54, 1.807) is 21.3 Å². The summed E-state index contributed by atoms with van der Waals surface area (Å²) >= 11 is -3.27. The SMILES string of the molecule is CCCCC(OC)[O][Y]([O]C(CCCC)OC)[O]C(CCCC)OC. The van der Waals surface area contributed by atoms with Gasteiger partial charge in [-0.05, 0) is 0 Å². The molecule has 0 aromatic carbocycles. The monoisotopic (exact) mass is 440 g/mol. The minimum absolute atomic E-state index is 0.284. The zero-order valence-corrected chi connectivity index (χ0v) is 20.0. The average molecular weight is 440 g/mol. The Labute approximate surface area is 167 Å². The van der Waals surface area contributed by atoms with Crippen molar-refractivity contribution in [2.45, 2.75) is 97.4 Å². The molecule has 0 aliphatic rings. The Hall–Kier alpha value is 0.864. The van der Waals surface area contributed by atoms with Crippen LogP contribution in [-0.2, 0) is 49.3 Å². The average Bonchev–Trinajstić information content (AvgIpc) is 2.64. The van der Waals surface area contributed by atoms with E-state index in [2.05, 4.69) is 20.8 Å². The van der Waals surface area contributed by atoms with Gasteiger partial charge in [0.05, 0.1) is 0 Å². The molecule has 25 heavy (non-hydrogen) atoms. The Morgan fingerprint density at radius 1 is 0.560 bits per heavy atom. The molecule has 6 nitrogen and oxygen atoms in total. The number of hydrogen-bond donors (Lipinski definition) is 0. The minimum atomic E-state index is -3.27. The maximum absolute atomic E-state index is 6.11. The van der Waals surface area contributed by atoms with E-state index < -0.39 is 29.0 Å². The Morgan fingerprint density at radius 2 is 0.840 bits per heavy atom. The molecule has 3 atom stereocenters. The molecule has 0 aromatic heterocycles. The molecule has 3 unspecified atom stereocenters. The van der Waals surface area contributed by atoms with Crippen molar-refractivity contribution < 1.29 is 49.3 Å². The predicted octanol–water partition coefficient (Wildman–Crippen LogP) is 4.89. The topological polar surface area (TPSA) is 55.4 Å². The molecule has 0 spiro atoms. The van der Waals surface area contributed by atoms with Gasteiger partial charge in [0.15, 0.2) is 0 Å². The molecule has 0 N–H and O–H groups in total. The summed E-state index contributed by atoms with van der Waals surface area (Å²) in [7, 11) is 5.00. The maximum atomic E-state index is 6.11. The van der Waals surface area contributed by atoms with Gasteiger partial charge in [0.2, 0.25) is 0 Å². The number of methoxy groups -OCH3 is 3. The zero-order valence-electron chi connectivity index (χ0n) is 17.1. The number of ether oxygens (including phenoxy) is 3. The molecular weight excluding hydrogens is 401 g/mol. The molecule has 0 bridgehead atoms. The van der Waals surface area contributed by atoms with Crippen LogP contribution in [0.4, 0.5) is 0 Å². The van der Waals surface area contributed by atoms with Gasteiger partial charge in [-0.2, -0.15) is 0 Å². The first kappa shape index (κ1) is 25.9. The summed E-state index contributed by atoms with van der Waals surface area (Å²) in [5, 5.41) is 0. The fraction of sp³-hybridized carbons (Fsp3) is 1.00. The van der Waals surface area contributed by atoms with E-state index >= 15 is 0 Å². The van der Waals surface area contributed by atoms with Crippen LogP contribution in [0.15, 0.2) is 0 Å². The first-order chi connectivity index (χ1) is 12.1. The van der Waals surface area contributed by atoms with Crippen LogP contribution < -0.4 is 0 Å². The van der Waals surface area contributed by atoms with Gasteiger partial charge >= 0.3 is 168 Å². The van der Waals surface area contributed by atoms with Crippen molar-refractivity contribution in [1.82, 2.24) is 0 Å². The molecule has 0 aliphatic carbocycles. The fourth-order valence-corrected chi connectivity index (χ4v) is 6.43. The third-order valence-electron chi connectivity index (χ3n) is 3.96. The summed E-state index contributed by atoms with van der Waals surface area (Å²) in [6.45, 7) is 6.45. The zero-order chi connectivity index (χ0) is 18.9. The Morgan fingerprint density at radius 3 is 1.04 bits per heavy atom. The number of unbranched alkanes of at least 4 members (excludes halogenated alkanes) is 3. The van der Waals surface area contributed by atoms with Crippen molar-refractivity contribution in [2.24, 2.45) is 0 Å². The van der Waals surface area contributed by atoms with Gasteiger partial charge in [-0.3, -0.25) is 0 Å². The molecule has 0 rings (SSSR count). The molecule has 0 fully saturated rings. The van der Waals surface area contributed by atoms with Crippen LogP contribution in [0.25, 0.3) is 0 Å². The van der Waals surface area contributed by atoms with Crippen LogP contribution >= 0.6 is 0 Å². The van der Waals surface area contributed by atoms with Crippen LogP contribution in [0.1, 0.15) is 78.6 Å². The second-order valence-corrected chi connectivity index (χ2v) is 9.55. The second-order valence-electron chi connectivity index (χ2n) is 6.12. The fourth-order valence-electron chi connectivity index (χ4n) is 2.30. The van der Waals surface area contributed by atoms with Crippen molar-refractivity contribution in [1.29, 1.82) is 0 Å². The quantitative estimate of drug-likeness (QED) is 0.283. The van der Waals surface area contributed by atoms with Gasteiger partial charge in [-0.15, -0.1) is 0 Å². The van der Waals surface area contributed by atoms with E-state index in [0.29, 0.717) is 0 Å². The third-order valence-corrected chi connectivity index (χ3v) is 7.83. The van der Waals surface area contributed by atoms with Gasteiger partial charge < -0.3 is 0 Å². The number of rotatable bonds is 18. The molecule has 7 heteroatoms. The van der Waals surface area contributed by atoms with Crippen LogP contribution in [0, 0.1) is 0 Å². The van der Waals surface area contributed by atoms with Gasteiger partial charge in [-0.1, -0.05) is 0 Å². The molecule has 0 aromatic rings. The van der Waals surface area contributed by atoms with Crippen LogP contribution in [0.2, 0.25) is 0 Å². The van der Waals surface area contributed by atoms with E-state index in [0.717, 1.165) is 57.8 Å². The molecule has 150 valence electrons. The van der Waals surface area contributed by atoms with E-state index in [1.165, 1.54) is 0 Å². The molecular formula is C18H39O6Y. The van der Waals surface area contributed by atoms with Crippen LogP contribution in [0.3, 0.4) is 0 Å². The summed E-state index contributed by atoms with van der Waals surface area (Å²) in [6.07, 6.45) is 8.09. The summed E-state index contributed by atoms with van der Waals surface area (Å²) in [4.78, 5) is 0. The standard InChI is InChI=1S/3C6H13O2.Y/c3*1-3-4-5-6(7)8-2;/h3*6H,3-5H2,1-2H3;/q3*-1;+3. The van der Waals surface area contributed by atoms with E-state index in [-0.39, 0.29) is 18.9 Å². The van der Waals surface area contributed by atoms with Crippen molar-refractivity contribution >= 4 is 0 Å². The summed E-state index contributed by atoms with van der Waals surface area (Å²) in [6, 6.07) is 0. The van der Waals surface area contributed by atoms with Crippen molar-refractivity contribution in [3.63, 3.8) is 0 Å². The molecule has 0 saturated carbocycles. The van der Waals surface area contributed by atoms with Crippen LogP contribution in [0.5, 0.6) is 0 Å². The Kier molecular flexibility index (Phi) is 18.9. The normalized spacial score (nSPS) is 15.1. The third kappa shape index (κ3) is 13.6. The Bertz CT molecular complexity index is 239. The van der Waals surface area contributed by atoms with E-state index in [4.69, 9.17) is 20.4 Å². The predicted molar refractivity (Wildman–Crippen MR) is 94.2 cm³/mol. The van der Waals surface area contributed by atoms with Gasteiger partial charge in [0.1, 0.15) is 0 Å². The van der Waals surface area contributed by atoms with E-state index in [9.17, 15) is 0 Å². The van der Waals surface area contributed by atoms with Gasteiger partial charge in [-0.25, -0.2) is 0 Å². The van der Waals surface area contributed by atoms with E-state index in [1.807, 2.05) is 0 Å². The molecule has 0 radical (unpaired) electrons. The molecule has 0 saturated heterocycles. The molecule has 0 aliphatic heterocycles. The summed E-state index contributed by atoms with van der Waals surface area (Å²) < 4.78 is 34.7. The summed E-state index contributed by atoms with van der Waals surface area (Å²) in [5.74, 6) is 0. The first-order valence-corrected chi connectivity index (χ1v) is 13.2. The van der Waals surface area contributed by atoms with Gasteiger partial charge in [0, 0.05) is 0 Å².